The molecule has 0 fully saturated rings. The molecule has 2 unspecified atom stereocenters. The number of carboxylic acid groups (broad SMARTS) is 1. The van der Waals surface area contributed by atoms with Crippen molar-refractivity contribution in [1.29, 1.82) is 0 Å². The fraction of sp³-hybridized carbons (Fsp3) is 0.273. The summed E-state index contributed by atoms with van der Waals surface area (Å²) in [5.41, 5.74) is 0.416. The Hall–Kier alpha value is -0.910. The maximum atomic E-state index is 11.2. The van der Waals surface area contributed by atoms with E-state index in [0.29, 0.717) is 10.0 Å². The molecule has 2 atom stereocenters. The lowest BCUT2D eigenvalue weighted by Crippen LogP contribution is -2.15. The number of alkyl halides is 1. The summed E-state index contributed by atoms with van der Waals surface area (Å²) < 4.78 is 0.601. The van der Waals surface area contributed by atoms with Gasteiger partial charge >= 0.3 is 5.97 Å². The van der Waals surface area contributed by atoms with Crippen LogP contribution < -0.4 is 0 Å². The molecular formula is C11H10BrClO4. The van der Waals surface area contributed by atoms with E-state index in [4.69, 9.17) is 16.7 Å². The van der Waals surface area contributed by atoms with Gasteiger partial charge < -0.3 is 10.2 Å². The van der Waals surface area contributed by atoms with E-state index in [-0.39, 0.29) is 11.3 Å². The van der Waals surface area contributed by atoms with E-state index in [0.717, 1.165) is 0 Å². The quantitative estimate of drug-likeness (QED) is 0.835. The highest BCUT2D eigenvalue weighted by Crippen LogP contribution is 2.31. The third kappa shape index (κ3) is 3.28. The highest BCUT2D eigenvalue weighted by Gasteiger charge is 2.25. The Balaban J connectivity index is 3.30. The molecule has 1 aromatic carbocycles. The van der Waals surface area contributed by atoms with Crippen molar-refractivity contribution in [2.24, 2.45) is 0 Å². The van der Waals surface area contributed by atoms with E-state index in [2.05, 4.69) is 15.9 Å². The second-order valence-electron chi connectivity index (χ2n) is 3.49. The van der Waals surface area contributed by atoms with Gasteiger partial charge in [0.15, 0.2) is 11.9 Å². The smallest absolute Gasteiger partial charge is 0.337 e. The minimum absolute atomic E-state index is 0.113. The van der Waals surface area contributed by atoms with E-state index in [1.165, 1.54) is 19.1 Å². The first-order chi connectivity index (χ1) is 7.84. The second-order valence-corrected chi connectivity index (χ2v) is 4.84. The highest BCUT2D eigenvalue weighted by molar-refractivity contribution is 9.10. The number of halogens is 2. The molecule has 1 rings (SSSR count). The van der Waals surface area contributed by atoms with Crippen LogP contribution in [0.3, 0.4) is 0 Å². The second kappa shape index (κ2) is 5.62. The Bertz CT molecular complexity index is 461. The zero-order valence-corrected chi connectivity index (χ0v) is 11.2. The van der Waals surface area contributed by atoms with Gasteiger partial charge in [-0.3, -0.25) is 4.79 Å². The van der Waals surface area contributed by atoms with Crippen LogP contribution in [0.2, 0.25) is 0 Å². The Labute approximate surface area is 111 Å². The first kappa shape index (κ1) is 14.2. The molecule has 2 N–H and O–H groups in total. The Kier molecular flexibility index (Phi) is 4.68. The number of carboxylic acids is 1. The van der Waals surface area contributed by atoms with Crippen LogP contribution in [0.4, 0.5) is 0 Å². The van der Waals surface area contributed by atoms with Gasteiger partial charge in [-0.05, 0) is 30.2 Å². The van der Waals surface area contributed by atoms with Crippen LogP contribution in [0, 0.1) is 0 Å². The number of hydrogen-bond acceptors (Lipinski definition) is 3. The minimum atomic E-state index is -1.71. The van der Waals surface area contributed by atoms with Crippen molar-refractivity contribution in [1.82, 2.24) is 0 Å². The molecule has 92 valence electrons. The Morgan fingerprint density at radius 1 is 1.35 bits per heavy atom. The van der Waals surface area contributed by atoms with Crippen LogP contribution in [0.1, 0.15) is 29.5 Å². The molecule has 0 spiro atoms. The largest absolute Gasteiger partial charge is 0.479 e. The number of aliphatic hydroxyl groups excluding tert-OH is 1. The standard InChI is InChI=1S/C11H10BrClO4/c1-5(14)9(13)7-3-2-6(12)4-8(7)10(15)11(16)17/h2-4,9-10,15H,1H3,(H,16,17). The van der Waals surface area contributed by atoms with Crippen molar-refractivity contribution < 1.29 is 19.8 Å². The van der Waals surface area contributed by atoms with Gasteiger partial charge in [-0.2, -0.15) is 0 Å². The van der Waals surface area contributed by atoms with Gasteiger partial charge in [0.05, 0.1) is 0 Å². The minimum Gasteiger partial charge on any atom is -0.479 e. The van der Waals surface area contributed by atoms with E-state index < -0.39 is 17.5 Å². The lowest BCUT2D eigenvalue weighted by molar-refractivity contribution is -0.147. The third-order valence-corrected chi connectivity index (χ3v) is 3.24. The first-order valence-corrected chi connectivity index (χ1v) is 5.92. The predicted molar refractivity (Wildman–Crippen MR) is 66.0 cm³/mol. The van der Waals surface area contributed by atoms with Crippen molar-refractivity contribution >= 4 is 39.3 Å². The molecule has 0 amide bonds. The van der Waals surface area contributed by atoms with Gasteiger partial charge in [-0.15, -0.1) is 11.6 Å². The van der Waals surface area contributed by atoms with E-state index >= 15 is 0 Å². The summed E-state index contributed by atoms with van der Waals surface area (Å²) >= 11 is 9.05. The van der Waals surface area contributed by atoms with Crippen LogP contribution in [0.15, 0.2) is 22.7 Å². The number of benzene rings is 1. The lowest BCUT2D eigenvalue weighted by Gasteiger charge is -2.15. The number of carbonyl (C=O) groups excluding carboxylic acids is 1. The van der Waals surface area contributed by atoms with Gasteiger partial charge in [0, 0.05) is 4.47 Å². The van der Waals surface area contributed by atoms with Gasteiger partial charge in [0.2, 0.25) is 0 Å². The van der Waals surface area contributed by atoms with Crippen LogP contribution in [-0.2, 0) is 9.59 Å². The Morgan fingerprint density at radius 2 is 1.94 bits per heavy atom. The third-order valence-electron chi connectivity index (χ3n) is 2.21. The normalized spacial score (nSPS) is 14.1. The van der Waals surface area contributed by atoms with E-state index in [9.17, 15) is 14.7 Å². The van der Waals surface area contributed by atoms with Crippen molar-refractivity contribution in [3.63, 3.8) is 0 Å². The molecular weight excluding hydrogens is 311 g/mol. The van der Waals surface area contributed by atoms with Crippen molar-refractivity contribution in [3.8, 4) is 0 Å². The number of aliphatic carboxylic acids is 1. The number of Topliss-reactive ketones (excluding diaryl/α,β-unsaturated/α-hetero) is 1. The Morgan fingerprint density at radius 3 is 2.41 bits per heavy atom. The SMILES string of the molecule is CC(=O)C(Cl)c1ccc(Br)cc1C(O)C(=O)O. The fourth-order valence-corrected chi connectivity index (χ4v) is 1.94. The number of rotatable bonds is 4. The summed E-state index contributed by atoms with van der Waals surface area (Å²) in [6, 6.07) is 4.59. The fourth-order valence-electron chi connectivity index (χ4n) is 1.37. The molecule has 6 heteroatoms. The number of carbonyl (C=O) groups is 2. The van der Waals surface area contributed by atoms with Crippen molar-refractivity contribution in [2.45, 2.75) is 18.4 Å². The number of ketones is 1. The topological polar surface area (TPSA) is 74.6 Å². The molecule has 0 bridgehead atoms. The van der Waals surface area contributed by atoms with E-state index in [1.807, 2.05) is 0 Å². The molecule has 0 radical (unpaired) electrons. The van der Waals surface area contributed by atoms with E-state index in [1.54, 1.807) is 6.07 Å². The van der Waals surface area contributed by atoms with Gasteiger partial charge in [0.1, 0.15) is 5.38 Å². The zero-order valence-electron chi connectivity index (χ0n) is 8.85. The van der Waals surface area contributed by atoms with Gasteiger partial charge in [-0.25, -0.2) is 4.79 Å². The predicted octanol–water partition coefficient (Wildman–Crippen LogP) is 2.44. The van der Waals surface area contributed by atoms with Crippen LogP contribution in [0.5, 0.6) is 0 Å². The summed E-state index contributed by atoms with van der Waals surface area (Å²) in [4.78, 5) is 22.0. The maximum absolute atomic E-state index is 11.2. The molecule has 0 aliphatic rings. The van der Waals surface area contributed by atoms with Gasteiger partial charge in [0.25, 0.3) is 0 Å². The van der Waals surface area contributed by atoms with Crippen molar-refractivity contribution in [3.05, 3.63) is 33.8 Å². The maximum Gasteiger partial charge on any atom is 0.337 e. The summed E-state index contributed by atoms with van der Waals surface area (Å²) in [7, 11) is 0. The summed E-state index contributed by atoms with van der Waals surface area (Å²) in [6.45, 7) is 1.30. The monoisotopic (exact) mass is 320 g/mol. The first-order valence-electron chi connectivity index (χ1n) is 4.69. The molecule has 1 aromatic rings. The van der Waals surface area contributed by atoms with Crippen LogP contribution in [0.25, 0.3) is 0 Å². The molecule has 0 heterocycles. The average Bonchev–Trinajstić information content (AvgIpc) is 2.26. The average molecular weight is 322 g/mol. The van der Waals surface area contributed by atoms with Crippen molar-refractivity contribution in [2.75, 3.05) is 0 Å². The molecule has 4 nitrogen and oxygen atoms in total. The van der Waals surface area contributed by atoms with Crippen LogP contribution in [-0.4, -0.2) is 22.0 Å². The summed E-state index contributed by atoms with van der Waals surface area (Å²) in [5, 5.41) is 17.4. The molecule has 0 saturated heterocycles. The highest BCUT2D eigenvalue weighted by atomic mass is 79.9. The number of aliphatic hydroxyl groups is 1. The molecule has 0 saturated carbocycles. The molecule has 0 aromatic heterocycles. The summed E-state index contributed by atoms with van der Waals surface area (Å²) in [6.07, 6.45) is -1.71. The molecule has 17 heavy (non-hydrogen) atoms. The van der Waals surface area contributed by atoms with Gasteiger partial charge in [-0.1, -0.05) is 22.0 Å². The summed E-state index contributed by atoms with van der Waals surface area (Å²) in [5.74, 6) is -1.70. The zero-order chi connectivity index (χ0) is 13.2. The number of hydrogen-bond donors (Lipinski definition) is 2. The molecule has 0 aliphatic heterocycles. The van der Waals surface area contributed by atoms with Crippen LogP contribution >= 0.6 is 27.5 Å². The lowest BCUT2D eigenvalue weighted by atomic mass is 9.98. The molecule has 0 aliphatic carbocycles.